The van der Waals surface area contributed by atoms with Gasteiger partial charge in [0.15, 0.2) is 0 Å². The van der Waals surface area contributed by atoms with Gasteiger partial charge in [0.25, 0.3) is 0 Å². The van der Waals surface area contributed by atoms with Crippen LogP contribution in [0.3, 0.4) is 0 Å². The number of aromatic carboxylic acids is 1. The van der Waals surface area contributed by atoms with Crippen molar-refractivity contribution >= 4 is 5.97 Å². The summed E-state index contributed by atoms with van der Waals surface area (Å²) in [7, 11) is 0. The van der Waals surface area contributed by atoms with Crippen LogP contribution in [-0.4, -0.2) is 11.1 Å². The zero-order valence-corrected chi connectivity index (χ0v) is 10.7. The summed E-state index contributed by atoms with van der Waals surface area (Å²) in [6, 6.07) is 7.65. The van der Waals surface area contributed by atoms with Gasteiger partial charge in [0.05, 0.1) is 5.56 Å². The Morgan fingerprint density at radius 2 is 1.95 bits per heavy atom. The molecule has 0 heterocycles. The molecule has 0 aromatic heterocycles. The average molecular weight is 278 g/mol. The molecule has 104 valence electrons. The summed E-state index contributed by atoms with van der Waals surface area (Å²) < 4.78 is 32.0. The average Bonchev–Trinajstić information content (AvgIpc) is 2.38. The van der Waals surface area contributed by atoms with E-state index in [-0.39, 0.29) is 23.6 Å². The number of benzene rings is 2. The molecule has 5 heteroatoms. The van der Waals surface area contributed by atoms with E-state index in [1.54, 1.807) is 6.92 Å². The molecule has 0 aliphatic heterocycles. The van der Waals surface area contributed by atoms with Crippen molar-refractivity contribution in [3.63, 3.8) is 0 Å². The second kappa shape index (κ2) is 5.69. The predicted octanol–water partition coefficient (Wildman–Crippen LogP) is 3.55. The van der Waals surface area contributed by atoms with Crippen LogP contribution in [0.4, 0.5) is 8.78 Å². The standard InChI is InChI=1S/C15H12F2O3/c1-9-6-12(16)4-5-14(9)20-8-11-3-2-10(15(18)19)7-13(11)17/h2-7H,8H2,1H3,(H,18,19). The Balaban J connectivity index is 2.13. The van der Waals surface area contributed by atoms with Crippen LogP contribution >= 0.6 is 0 Å². The fourth-order valence-electron chi connectivity index (χ4n) is 1.73. The van der Waals surface area contributed by atoms with Gasteiger partial charge in [-0.3, -0.25) is 0 Å². The quantitative estimate of drug-likeness (QED) is 0.930. The predicted molar refractivity (Wildman–Crippen MR) is 68.8 cm³/mol. The lowest BCUT2D eigenvalue weighted by Gasteiger charge is -2.10. The molecule has 0 atom stereocenters. The van der Waals surface area contributed by atoms with Gasteiger partial charge in [-0.15, -0.1) is 0 Å². The lowest BCUT2D eigenvalue weighted by atomic mass is 10.1. The van der Waals surface area contributed by atoms with Crippen molar-refractivity contribution < 1.29 is 23.4 Å². The number of hydrogen-bond donors (Lipinski definition) is 1. The van der Waals surface area contributed by atoms with Crippen LogP contribution in [-0.2, 0) is 6.61 Å². The van der Waals surface area contributed by atoms with Gasteiger partial charge in [0.2, 0.25) is 0 Å². The van der Waals surface area contributed by atoms with E-state index in [1.165, 1.54) is 30.3 Å². The lowest BCUT2D eigenvalue weighted by molar-refractivity contribution is 0.0696. The van der Waals surface area contributed by atoms with Crippen molar-refractivity contribution in [3.05, 3.63) is 64.7 Å². The summed E-state index contributed by atoms with van der Waals surface area (Å²) in [4.78, 5) is 10.7. The second-order valence-corrected chi connectivity index (χ2v) is 4.31. The topological polar surface area (TPSA) is 46.5 Å². The van der Waals surface area contributed by atoms with Crippen LogP contribution in [0.5, 0.6) is 5.75 Å². The summed E-state index contributed by atoms with van der Waals surface area (Å²) in [6.45, 7) is 1.63. The number of carbonyl (C=O) groups is 1. The van der Waals surface area contributed by atoms with E-state index in [0.717, 1.165) is 6.07 Å². The molecule has 2 aromatic rings. The van der Waals surface area contributed by atoms with Crippen molar-refractivity contribution in [2.75, 3.05) is 0 Å². The van der Waals surface area contributed by atoms with Gasteiger partial charge in [-0.05, 0) is 42.8 Å². The van der Waals surface area contributed by atoms with Gasteiger partial charge < -0.3 is 9.84 Å². The van der Waals surface area contributed by atoms with E-state index in [9.17, 15) is 13.6 Å². The molecule has 0 saturated heterocycles. The maximum absolute atomic E-state index is 13.7. The van der Waals surface area contributed by atoms with Crippen molar-refractivity contribution in [3.8, 4) is 5.75 Å². The SMILES string of the molecule is Cc1cc(F)ccc1OCc1ccc(C(=O)O)cc1F. The van der Waals surface area contributed by atoms with E-state index in [0.29, 0.717) is 11.3 Å². The Morgan fingerprint density at radius 1 is 1.20 bits per heavy atom. The van der Waals surface area contributed by atoms with Crippen LogP contribution in [0.2, 0.25) is 0 Å². The van der Waals surface area contributed by atoms with E-state index >= 15 is 0 Å². The zero-order valence-electron chi connectivity index (χ0n) is 10.7. The van der Waals surface area contributed by atoms with E-state index < -0.39 is 11.8 Å². The first kappa shape index (κ1) is 14.0. The molecule has 0 bridgehead atoms. The molecule has 2 aromatic carbocycles. The maximum Gasteiger partial charge on any atom is 0.335 e. The molecule has 0 aliphatic carbocycles. The molecule has 0 aliphatic rings. The Kier molecular flexibility index (Phi) is 3.98. The Hall–Kier alpha value is -2.43. The van der Waals surface area contributed by atoms with Crippen LogP contribution in [0.25, 0.3) is 0 Å². The van der Waals surface area contributed by atoms with Crippen LogP contribution in [0, 0.1) is 18.6 Å². The summed E-state index contributed by atoms with van der Waals surface area (Å²) in [6.07, 6.45) is 0. The third-order valence-corrected chi connectivity index (χ3v) is 2.82. The summed E-state index contributed by atoms with van der Waals surface area (Å²) in [5.41, 5.74) is 0.718. The molecule has 0 unspecified atom stereocenters. The Bertz CT molecular complexity index is 654. The molecule has 0 spiro atoms. The van der Waals surface area contributed by atoms with Crippen LogP contribution in [0.1, 0.15) is 21.5 Å². The number of carboxylic acids is 1. The van der Waals surface area contributed by atoms with Gasteiger partial charge >= 0.3 is 5.97 Å². The minimum atomic E-state index is -1.19. The van der Waals surface area contributed by atoms with Crippen LogP contribution in [0.15, 0.2) is 36.4 Å². The molecular weight excluding hydrogens is 266 g/mol. The highest BCUT2D eigenvalue weighted by Gasteiger charge is 2.09. The summed E-state index contributed by atoms with van der Waals surface area (Å²) in [5, 5.41) is 8.74. The number of aryl methyl sites for hydroxylation is 1. The van der Waals surface area contributed by atoms with Crippen molar-refractivity contribution in [2.45, 2.75) is 13.5 Å². The molecule has 20 heavy (non-hydrogen) atoms. The molecule has 2 rings (SSSR count). The normalized spacial score (nSPS) is 10.3. The van der Waals surface area contributed by atoms with E-state index in [2.05, 4.69) is 0 Å². The van der Waals surface area contributed by atoms with Gasteiger partial charge in [-0.1, -0.05) is 6.07 Å². The first-order valence-electron chi connectivity index (χ1n) is 5.88. The fraction of sp³-hybridized carbons (Fsp3) is 0.133. The van der Waals surface area contributed by atoms with Gasteiger partial charge in [0, 0.05) is 5.56 Å². The monoisotopic (exact) mass is 278 g/mol. The molecule has 0 fully saturated rings. The highest BCUT2D eigenvalue weighted by atomic mass is 19.1. The van der Waals surface area contributed by atoms with Crippen molar-refractivity contribution in [2.24, 2.45) is 0 Å². The molecular formula is C15H12F2O3. The Labute approximate surface area is 114 Å². The molecule has 0 radical (unpaired) electrons. The third-order valence-electron chi connectivity index (χ3n) is 2.82. The summed E-state index contributed by atoms with van der Waals surface area (Å²) >= 11 is 0. The lowest BCUT2D eigenvalue weighted by Crippen LogP contribution is -2.03. The molecule has 1 N–H and O–H groups in total. The largest absolute Gasteiger partial charge is 0.489 e. The summed E-state index contributed by atoms with van der Waals surface area (Å²) in [5.74, 6) is -1.75. The number of carboxylic acid groups (broad SMARTS) is 1. The van der Waals surface area contributed by atoms with Gasteiger partial charge in [0.1, 0.15) is 24.0 Å². The van der Waals surface area contributed by atoms with Crippen molar-refractivity contribution in [1.29, 1.82) is 0 Å². The minimum absolute atomic E-state index is 0.0573. The van der Waals surface area contributed by atoms with E-state index in [1.807, 2.05) is 0 Å². The van der Waals surface area contributed by atoms with Gasteiger partial charge in [-0.25, -0.2) is 13.6 Å². The first-order chi connectivity index (χ1) is 9.47. The van der Waals surface area contributed by atoms with Gasteiger partial charge in [-0.2, -0.15) is 0 Å². The smallest absolute Gasteiger partial charge is 0.335 e. The highest BCUT2D eigenvalue weighted by molar-refractivity contribution is 5.87. The van der Waals surface area contributed by atoms with E-state index in [4.69, 9.17) is 9.84 Å². The zero-order chi connectivity index (χ0) is 14.7. The fourth-order valence-corrected chi connectivity index (χ4v) is 1.73. The number of hydrogen-bond acceptors (Lipinski definition) is 2. The second-order valence-electron chi connectivity index (χ2n) is 4.31. The number of ether oxygens (including phenoxy) is 1. The molecule has 3 nitrogen and oxygen atoms in total. The number of rotatable bonds is 4. The Morgan fingerprint density at radius 3 is 2.55 bits per heavy atom. The minimum Gasteiger partial charge on any atom is -0.489 e. The maximum atomic E-state index is 13.7. The van der Waals surface area contributed by atoms with Crippen LogP contribution < -0.4 is 4.74 Å². The highest BCUT2D eigenvalue weighted by Crippen LogP contribution is 2.20. The van der Waals surface area contributed by atoms with Crippen molar-refractivity contribution in [1.82, 2.24) is 0 Å². The molecule has 0 amide bonds. The molecule has 0 saturated carbocycles. The third kappa shape index (κ3) is 3.12. The first-order valence-corrected chi connectivity index (χ1v) is 5.88. The number of halogens is 2.